The van der Waals surface area contributed by atoms with Crippen LogP contribution in [0.3, 0.4) is 0 Å². The number of aryl methyl sites for hydroxylation is 1. The number of nitrogens with zero attached hydrogens (tertiary/aromatic N) is 2. The Balaban J connectivity index is 1.52. The highest BCUT2D eigenvalue weighted by Gasteiger charge is 2.44. The third-order valence-electron chi connectivity index (χ3n) is 6.95. The highest BCUT2D eigenvalue weighted by molar-refractivity contribution is 7.13. The molecule has 0 spiro atoms. The number of carbonyl (C=O) groups is 3. The lowest BCUT2D eigenvalue weighted by atomic mass is 9.85. The maximum atomic E-state index is 13.7. The molecule has 0 bridgehead atoms. The summed E-state index contributed by atoms with van der Waals surface area (Å²) >= 11 is 1.58. The van der Waals surface area contributed by atoms with Gasteiger partial charge in [-0.25, -0.2) is 4.98 Å². The smallest absolute Gasteiger partial charge is 0.246 e. The highest BCUT2D eigenvalue weighted by Crippen LogP contribution is 2.28. The van der Waals surface area contributed by atoms with Crippen LogP contribution in [0.2, 0.25) is 0 Å². The van der Waals surface area contributed by atoms with E-state index in [0.717, 1.165) is 21.7 Å². The number of hydrogen-bond acceptors (Lipinski definition) is 10. The summed E-state index contributed by atoms with van der Waals surface area (Å²) < 4.78 is 16.0. The number of nitrogens with one attached hydrogen (secondary N) is 2. The van der Waals surface area contributed by atoms with E-state index >= 15 is 0 Å². The van der Waals surface area contributed by atoms with Crippen molar-refractivity contribution in [1.29, 1.82) is 0 Å². The van der Waals surface area contributed by atoms with Gasteiger partial charge >= 0.3 is 0 Å². The van der Waals surface area contributed by atoms with Crippen LogP contribution < -0.4 is 16.4 Å². The predicted molar refractivity (Wildman–Crippen MR) is 163 cm³/mol. The number of rotatable bonds is 16. The van der Waals surface area contributed by atoms with Gasteiger partial charge in [-0.2, -0.15) is 0 Å². The summed E-state index contributed by atoms with van der Waals surface area (Å²) in [5.74, 6) is -1.25. The number of aliphatic hydroxyl groups is 1. The van der Waals surface area contributed by atoms with Gasteiger partial charge in [0.05, 0.1) is 55.2 Å². The van der Waals surface area contributed by atoms with E-state index in [1.807, 2.05) is 57.5 Å². The van der Waals surface area contributed by atoms with E-state index in [9.17, 15) is 19.5 Å². The van der Waals surface area contributed by atoms with Gasteiger partial charge in [-0.15, -0.1) is 11.3 Å². The maximum Gasteiger partial charge on any atom is 0.246 e. The topological polar surface area (TPSA) is 165 Å². The summed E-state index contributed by atoms with van der Waals surface area (Å²) in [6.45, 7) is 9.72. The largest absolute Gasteiger partial charge is 0.391 e. The molecule has 1 aliphatic heterocycles. The average Bonchev–Trinajstić information content (AvgIpc) is 3.58. The highest BCUT2D eigenvalue weighted by atomic mass is 32.1. The number of likely N-dealkylation sites (tertiary alicyclic amines) is 1. The van der Waals surface area contributed by atoms with Gasteiger partial charge in [0, 0.05) is 26.1 Å². The average molecular weight is 620 g/mol. The molecule has 5 N–H and O–H groups in total. The minimum atomic E-state index is -0.928. The van der Waals surface area contributed by atoms with E-state index in [2.05, 4.69) is 15.6 Å². The zero-order valence-electron chi connectivity index (χ0n) is 25.5. The Bertz CT molecular complexity index is 1180. The summed E-state index contributed by atoms with van der Waals surface area (Å²) in [7, 11) is 0. The molecule has 1 aromatic heterocycles. The minimum Gasteiger partial charge on any atom is -0.391 e. The van der Waals surface area contributed by atoms with Gasteiger partial charge in [-0.05, 0) is 23.5 Å². The summed E-state index contributed by atoms with van der Waals surface area (Å²) in [4.78, 5) is 46.4. The first kappa shape index (κ1) is 34.5. The normalized spacial score (nSPS) is 17.6. The molecule has 0 radical (unpaired) electrons. The van der Waals surface area contributed by atoms with Crippen molar-refractivity contribution >= 4 is 29.1 Å². The fourth-order valence-electron chi connectivity index (χ4n) is 4.67. The van der Waals surface area contributed by atoms with E-state index in [1.165, 1.54) is 4.90 Å². The van der Waals surface area contributed by atoms with E-state index in [0.29, 0.717) is 33.0 Å². The number of amides is 3. The van der Waals surface area contributed by atoms with E-state index < -0.39 is 35.4 Å². The Hall–Kier alpha value is -2.94. The number of ether oxygens (including phenoxy) is 3. The summed E-state index contributed by atoms with van der Waals surface area (Å²) in [6, 6.07) is 6.08. The van der Waals surface area contributed by atoms with Crippen LogP contribution in [0.25, 0.3) is 10.4 Å². The Kier molecular flexibility index (Phi) is 13.5. The molecule has 1 unspecified atom stereocenters. The van der Waals surface area contributed by atoms with Crippen molar-refractivity contribution in [2.75, 3.05) is 52.7 Å². The number of hydrogen-bond donors (Lipinski definition) is 4. The second-order valence-electron chi connectivity index (χ2n) is 11.5. The zero-order valence-corrected chi connectivity index (χ0v) is 26.3. The van der Waals surface area contributed by atoms with Crippen LogP contribution >= 0.6 is 11.3 Å². The fourth-order valence-corrected chi connectivity index (χ4v) is 5.48. The molecule has 1 aromatic carbocycles. The van der Waals surface area contributed by atoms with Crippen molar-refractivity contribution in [3.8, 4) is 10.4 Å². The van der Waals surface area contributed by atoms with Gasteiger partial charge in [0.2, 0.25) is 17.7 Å². The molecular formula is C30H45N5O7S. The molecule has 3 amide bonds. The second kappa shape index (κ2) is 16.8. The van der Waals surface area contributed by atoms with Crippen LogP contribution in [0.15, 0.2) is 29.8 Å². The lowest BCUT2D eigenvalue weighted by Gasteiger charge is -2.35. The molecule has 238 valence electrons. The second-order valence-corrected chi connectivity index (χ2v) is 12.4. The Morgan fingerprint density at radius 2 is 1.74 bits per heavy atom. The summed E-state index contributed by atoms with van der Waals surface area (Å²) in [5, 5.41) is 16.1. The number of β-amino-alcohol motifs (C(OH)–C–C–N with tert-alkyl or cyclic N) is 1. The van der Waals surface area contributed by atoms with E-state index in [-0.39, 0.29) is 38.6 Å². The third-order valence-corrected chi connectivity index (χ3v) is 7.93. The molecule has 3 atom stereocenters. The monoisotopic (exact) mass is 619 g/mol. The molecule has 1 fully saturated rings. The van der Waals surface area contributed by atoms with Gasteiger partial charge in [-0.1, -0.05) is 45.0 Å². The molecule has 12 nitrogen and oxygen atoms in total. The zero-order chi connectivity index (χ0) is 31.4. The van der Waals surface area contributed by atoms with Crippen LogP contribution in [0.1, 0.15) is 38.4 Å². The third kappa shape index (κ3) is 10.6. The molecule has 2 heterocycles. The summed E-state index contributed by atoms with van der Waals surface area (Å²) in [5.41, 5.74) is 9.44. The number of aromatic nitrogens is 1. The van der Waals surface area contributed by atoms with Crippen molar-refractivity contribution in [2.45, 2.75) is 58.8 Å². The predicted octanol–water partition coefficient (Wildman–Crippen LogP) is 1.24. The first-order valence-corrected chi connectivity index (χ1v) is 15.4. The van der Waals surface area contributed by atoms with Gasteiger partial charge in [0.15, 0.2) is 0 Å². The lowest BCUT2D eigenvalue weighted by molar-refractivity contribution is -0.144. The minimum absolute atomic E-state index is 0.00506. The SMILES string of the molecule is Cc1ncsc1-c1ccc(CNC(=O)C2C[C@@H](O)CN2C(=O)[C@@H](NC(=O)COCCOCCOCCN)C(C)(C)C)cc1. The van der Waals surface area contributed by atoms with Crippen molar-refractivity contribution in [3.05, 3.63) is 41.0 Å². The van der Waals surface area contributed by atoms with Gasteiger partial charge in [-0.3, -0.25) is 14.4 Å². The molecule has 13 heteroatoms. The van der Waals surface area contributed by atoms with Crippen molar-refractivity contribution in [3.63, 3.8) is 0 Å². The first-order chi connectivity index (χ1) is 20.5. The van der Waals surface area contributed by atoms with Crippen LogP contribution in [-0.2, 0) is 35.1 Å². The number of aliphatic hydroxyl groups excluding tert-OH is 1. The molecule has 0 aliphatic carbocycles. The fraction of sp³-hybridized carbons (Fsp3) is 0.600. The van der Waals surface area contributed by atoms with E-state index in [4.69, 9.17) is 19.9 Å². The van der Waals surface area contributed by atoms with Crippen molar-refractivity contribution in [2.24, 2.45) is 11.1 Å². The van der Waals surface area contributed by atoms with Crippen molar-refractivity contribution in [1.82, 2.24) is 20.5 Å². The van der Waals surface area contributed by atoms with Crippen molar-refractivity contribution < 1.29 is 33.7 Å². The van der Waals surface area contributed by atoms with Crippen LogP contribution in [0.4, 0.5) is 0 Å². The Morgan fingerprint density at radius 3 is 2.35 bits per heavy atom. The Labute approximate surface area is 257 Å². The number of nitrogens with two attached hydrogens (primary N) is 1. The van der Waals surface area contributed by atoms with Crippen LogP contribution in [-0.4, -0.2) is 104 Å². The van der Waals surface area contributed by atoms with Gasteiger partial charge < -0.3 is 40.6 Å². The number of benzene rings is 1. The van der Waals surface area contributed by atoms with Gasteiger partial charge in [0.25, 0.3) is 0 Å². The van der Waals surface area contributed by atoms with Gasteiger partial charge in [0.1, 0.15) is 18.7 Å². The quantitative estimate of drug-likeness (QED) is 0.202. The molecule has 2 aromatic rings. The lowest BCUT2D eigenvalue weighted by Crippen LogP contribution is -2.58. The number of thiazole rings is 1. The molecule has 1 saturated heterocycles. The maximum absolute atomic E-state index is 13.7. The molecule has 0 saturated carbocycles. The van der Waals surface area contributed by atoms with Crippen LogP contribution in [0.5, 0.6) is 0 Å². The van der Waals surface area contributed by atoms with E-state index in [1.54, 1.807) is 11.3 Å². The molecule has 43 heavy (non-hydrogen) atoms. The standard InChI is InChI=1S/C30H45N5O7S/c1-20-26(43-19-33-20)22-7-5-21(6-8-22)16-32-28(38)24-15-23(36)17-35(24)29(39)27(30(2,3)4)34-25(37)18-42-14-13-41-12-11-40-10-9-31/h5-8,19,23-24,27,36H,9-18,31H2,1-4H3,(H,32,38)(H,34,37)/t23-,24?,27-/m1/s1. The Morgan fingerprint density at radius 1 is 1.09 bits per heavy atom. The molecule has 3 rings (SSSR count). The molecular weight excluding hydrogens is 574 g/mol. The molecule has 1 aliphatic rings. The number of carbonyl (C=O) groups excluding carboxylic acids is 3. The van der Waals surface area contributed by atoms with Crippen LogP contribution in [0, 0.1) is 12.3 Å². The summed E-state index contributed by atoms with van der Waals surface area (Å²) in [6.07, 6.45) is -0.728. The first-order valence-electron chi connectivity index (χ1n) is 14.5.